The van der Waals surface area contributed by atoms with Gasteiger partial charge in [-0.3, -0.25) is 9.59 Å². The fourth-order valence-corrected chi connectivity index (χ4v) is 4.72. The smallest absolute Gasteiger partial charge is 0.282 e. The lowest BCUT2D eigenvalue weighted by molar-refractivity contribution is -0.113. The second kappa shape index (κ2) is 8.78. The van der Waals surface area contributed by atoms with Crippen LogP contribution in [-0.2, 0) is 21.4 Å². The molecule has 0 saturated heterocycles. The number of ketones is 1. The average molecular weight is 507 g/mol. The van der Waals surface area contributed by atoms with Gasteiger partial charge in [0.2, 0.25) is 10.0 Å². The second-order valence-corrected chi connectivity index (χ2v) is 10.2. The van der Waals surface area contributed by atoms with Gasteiger partial charge in [-0.1, -0.05) is 41.4 Å². The Morgan fingerprint density at radius 1 is 1.15 bits per heavy atom. The van der Waals surface area contributed by atoms with E-state index in [0.717, 1.165) is 12.3 Å². The van der Waals surface area contributed by atoms with Gasteiger partial charge >= 0.3 is 0 Å². The third kappa shape index (κ3) is 4.88. The van der Waals surface area contributed by atoms with Crippen molar-refractivity contribution in [3.05, 3.63) is 87.3 Å². The number of carbonyl (C=O) groups excluding carboxylic acids is 2. The Morgan fingerprint density at radius 3 is 2.58 bits per heavy atom. The Kier molecular flexibility index (Phi) is 6.18. The summed E-state index contributed by atoms with van der Waals surface area (Å²) in [5.41, 5.74) is 1.39. The zero-order valence-corrected chi connectivity index (χ0v) is 19.6. The van der Waals surface area contributed by atoms with Crippen LogP contribution in [0.3, 0.4) is 0 Å². The van der Waals surface area contributed by atoms with E-state index < -0.39 is 21.7 Å². The van der Waals surface area contributed by atoms with Crippen molar-refractivity contribution in [3.8, 4) is 0 Å². The lowest BCUT2D eigenvalue weighted by Gasteiger charge is -2.14. The molecule has 170 valence electrons. The van der Waals surface area contributed by atoms with E-state index in [-0.39, 0.29) is 40.6 Å². The topological polar surface area (TPSA) is 85.2 Å². The van der Waals surface area contributed by atoms with Gasteiger partial charge in [0.15, 0.2) is 5.78 Å². The van der Waals surface area contributed by atoms with E-state index in [9.17, 15) is 22.4 Å². The first-order valence-corrected chi connectivity index (χ1v) is 12.4. The first-order chi connectivity index (χ1) is 15.5. The van der Waals surface area contributed by atoms with Crippen molar-refractivity contribution in [2.75, 3.05) is 6.26 Å². The van der Waals surface area contributed by atoms with Crippen molar-refractivity contribution < 1.29 is 22.4 Å². The molecular formula is C23H17Cl2FN2O4S. The minimum absolute atomic E-state index is 0.0144. The van der Waals surface area contributed by atoms with Gasteiger partial charge in [-0.25, -0.2) is 17.5 Å². The summed E-state index contributed by atoms with van der Waals surface area (Å²) in [6.07, 6.45) is 5.93. The van der Waals surface area contributed by atoms with E-state index in [1.54, 1.807) is 36.4 Å². The molecule has 1 aliphatic rings. The number of halogens is 3. The maximum absolute atomic E-state index is 14.0. The molecule has 1 N–H and O–H groups in total. The summed E-state index contributed by atoms with van der Waals surface area (Å²) >= 11 is 12.2. The summed E-state index contributed by atoms with van der Waals surface area (Å²) in [6.45, 7) is -0.0144. The number of sulfonamides is 1. The molecule has 6 nitrogen and oxygen atoms in total. The first kappa shape index (κ1) is 23.2. The van der Waals surface area contributed by atoms with Crippen LogP contribution in [0.15, 0.2) is 54.6 Å². The number of rotatable bonds is 5. The van der Waals surface area contributed by atoms with Crippen LogP contribution in [0.2, 0.25) is 10.0 Å². The van der Waals surface area contributed by atoms with E-state index in [2.05, 4.69) is 0 Å². The number of allylic oxidation sites excluding steroid dienone is 4. The summed E-state index contributed by atoms with van der Waals surface area (Å²) in [5, 5.41) is 1.02. The molecule has 0 radical (unpaired) electrons. The highest BCUT2D eigenvalue weighted by Crippen LogP contribution is 2.36. The van der Waals surface area contributed by atoms with Crippen LogP contribution in [0.1, 0.15) is 28.0 Å². The van der Waals surface area contributed by atoms with Crippen molar-refractivity contribution in [1.82, 2.24) is 9.29 Å². The number of Topliss-reactive ketones (excluding diaryl/α,β-unsaturated/α-hetero) is 1. The minimum atomic E-state index is -3.92. The average Bonchev–Trinajstić information content (AvgIpc) is 2.99. The number of carbonyl (C=O) groups is 2. The van der Waals surface area contributed by atoms with E-state index in [1.165, 1.54) is 16.7 Å². The highest BCUT2D eigenvalue weighted by atomic mass is 35.5. The summed E-state index contributed by atoms with van der Waals surface area (Å²) in [4.78, 5) is 26.0. The molecule has 0 atom stereocenters. The largest absolute Gasteiger partial charge is 0.331 e. The molecular weight excluding hydrogens is 490 g/mol. The summed E-state index contributed by atoms with van der Waals surface area (Å²) in [5.74, 6) is -1.72. The Bertz CT molecular complexity index is 1470. The number of aromatic nitrogens is 1. The third-order valence-corrected chi connectivity index (χ3v) is 6.06. The molecule has 1 amide bonds. The summed E-state index contributed by atoms with van der Waals surface area (Å²) < 4.78 is 41.2. The van der Waals surface area contributed by atoms with Crippen molar-refractivity contribution in [2.45, 2.75) is 13.0 Å². The maximum Gasteiger partial charge on any atom is 0.282 e. The standard InChI is InChI=1S/C23H17Cl2FN2O4S/c1-33(31,32)27-23(30)22-21(17-4-2-3-5-20(17)29)18-11-14(24)6-7-19(18)28(22)12-13-8-15(25)10-16(26)9-13/h2-4,6-11H,5,12H2,1H3,(H,27,30). The van der Waals surface area contributed by atoms with Gasteiger partial charge in [-0.15, -0.1) is 0 Å². The van der Waals surface area contributed by atoms with Gasteiger partial charge < -0.3 is 4.57 Å². The lowest BCUT2D eigenvalue weighted by atomic mass is 9.93. The SMILES string of the molecule is CS(=O)(=O)NC(=O)c1c(C2=CC=CCC2=O)c2cc(Cl)ccc2n1Cc1cc(F)cc(Cl)c1. The number of nitrogens with zero attached hydrogens (tertiary/aromatic N) is 1. The second-order valence-electron chi connectivity index (χ2n) is 7.59. The third-order valence-electron chi connectivity index (χ3n) is 5.05. The molecule has 0 aliphatic heterocycles. The highest BCUT2D eigenvalue weighted by Gasteiger charge is 2.29. The zero-order chi connectivity index (χ0) is 23.9. The van der Waals surface area contributed by atoms with Crippen LogP contribution in [0.5, 0.6) is 0 Å². The van der Waals surface area contributed by atoms with Crippen molar-refractivity contribution in [3.63, 3.8) is 0 Å². The Morgan fingerprint density at radius 2 is 1.91 bits per heavy atom. The van der Waals surface area contributed by atoms with Gasteiger partial charge in [0, 0.05) is 45.1 Å². The van der Waals surface area contributed by atoms with Gasteiger partial charge in [0.25, 0.3) is 5.91 Å². The first-order valence-electron chi connectivity index (χ1n) is 9.73. The molecule has 3 aromatic rings. The van der Waals surface area contributed by atoms with E-state index >= 15 is 0 Å². The molecule has 2 aromatic carbocycles. The van der Waals surface area contributed by atoms with Crippen molar-refractivity contribution >= 4 is 61.4 Å². The predicted molar refractivity (Wildman–Crippen MR) is 127 cm³/mol. The van der Waals surface area contributed by atoms with Crippen LogP contribution in [0.4, 0.5) is 4.39 Å². The van der Waals surface area contributed by atoms with Gasteiger partial charge in [0.05, 0.1) is 6.26 Å². The number of fused-ring (bicyclic) bond motifs is 1. The molecule has 1 aliphatic carbocycles. The molecule has 0 bridgehead atoms. The van der Waals surface area contributed by atoms with Crippen molar-refractivity contribution in [1.29, 1.82) is 0 Å². The monoisotopic (exact) mass is 506 g/mol. The predicted octanol–water partition coefficient (Wildman–Crippen LogP) is 4.74. The lowest BCUT2D eigenvalue weighted by Crippen LogP contribution is -2.32. The number of benzene rings is 2. The molecule has 0 saturated carbocycles. The Balaban J connectivity index is 2.05. The quantitative estimate of drug-likeness (QED) is 0.541. The minimum Gasteiger partial charge on any atom is -0.331 e. The number of hydrogen-bond donors (Lipinski definition) is 1. The fraction of sp³-hybridized carbons (Fsp3) is 0.130. The zero-order valence-electron chi connectivity index (χ0n) is 17.2. The van der Waals surface area contributed by atoms with Crippen molar-refractivity contribution in [2.24, 2.45) is 0 Å². The number of nitrogens with one attached hydrogen (secondary N) is 1. The molecule has 1 heterocycles. The molecule has 1 aromatic heterocycles. The normalized spacial score (nSPS) is 13.9. The number of amides is 1. The molecule has 33 heavy (non-hydrogen) atoms. The highest BCUT2D eigenvalue weighted by molar-refractivity contribution is 7.89. The Hall–Kier alpha value is -2.94. The van der Waals surface area contributed by atoms with Gasteiger partial charge in [-0.2, -0.15) is 0 Å². The molecule has 0 unspecified atom stereocenters. The Labute approximate surface area is 199 Å². The summed E-state index contributed by atoms with van der Waals surface area (Å²) in [7, 11) is -3.92. The van der Waals surface area contributed by atoms with E-state index in [0.29, 0.717) is 21.5 Å². The summed E-state index contributed by atoms with van der Waals surface area (Å²) in [6, 6.07) is 8.82. The van der Waals surface area contributed by atoms with Crippen LogP contribution < -0.4 is 4.72 Å². The molecule has 0 spiro atoms. The van der Waals surface area contributed by atoms with E-state index in [4.69, 9.17) is 23.2 Å². The van der Waals surface area contributed by atoms with E-state index in [1.807, 2.05) is 4.72 Å². The molecule has 4 rings (SSSR count). The van der Waals surface area contributed by atoms with Gasteiger partial charge in [-0.05, 0) is 42.0 Å². The van der Waals surface area contributed by atoms with Crippen LogP contribution in [0, 0.1) is 5.82 Å². The molecule has 0 fully saturated rings. The maximum atomic E-state index is 14.0. The van der Waals surface area contributed by atoms with Crippen LogP contribution >= 0.6 is 23.2 Å². The van der Waals surface area contributed by atoms with Crippen LogP contribution in [0.25, 0.3) is 16.5 Å². The van der Waals surface area contributed by atoms with Gasteiger partial charge in [0.1, 0.15) is 11.5 Å². The van der Waals surface area contributed by atoms with Crippen LogP contribution in [-0.4, -0.2) is 30.9 Å². The fourth-order valence-electron chi connectivity index (χ4n) is 3.87. The number of hydrogen-bond acceptors (Lipinski definition) is 4. The molecule has 10 heteroatoms.